The van der Waals surface area contributed by atoms with E-state index in [0.29, 0.717) is 12.3 Å². The van der Waals surface area contributed by atoms with Crippen LogP contribution >= 0.6 is 11.8 Å². The van der Waals surface area contributed by atoms with Gasteiger partial charge in [0.05, 0.1) is 5.88 Å². The number of benzene rings is 2. The highest BCUT2D eigenvalue weighted by molar-refractivity contribution is 7.99. The third-order valence-corrected chi connectivity index (χ3v) is 5.12. The second-order valence-corrected chi connectivity index (χ2v) is 7.16. The molecule has 2 aromatic rings. The maximum atomic E-state index is 12.8. The molecule has 0 saturated carbocycles. The van der Waals surface area contributed by atoms with Gasteiger partial charge in [0.15, 0.2) is 0 Å². The molecule has 0 spiro atoms. The number of alkyl carbamates (subject to hydrolysis) is 1. The van der Waals surface area contributed by atoms with Crippen LogP contribution in [0.5, 0.6) is 0 Å². The third kappa shape index (κ3) is 5.26. The number of hydrogen-bond donors (Lipinski definition) is 1. The largest absolute Gasteiger partial charge is 0.445 e. The smallest absolute Gasteiger partial charge is 0.408 e. The molecule has 2 aromatic carbocycles. The van der Waals surface area contributed by atoms with E-state index >= 15 is 0 Å². The lowest BCUT2D eigenvalue weighted by Gasteiger charge is -2.23. The highest BCUT2D eigenvalue weighted by Crippen LogP contribution is 2.16. The normalized spacial score (nSPS) is 14.7. The molecule has 136 valence electrons. The van der Waals surface area contributed by atoms with Crippen molar-refractivity contribution >= 4 is 23.8 Å². The van der Waals surface area contributed by atoms with Crippen molar-refractivity contribution in [3.05, 3.63) is 71.8 Å². The van der Waals surface area contributed by atoms with E-state index in [1.54, 1.807) is 16.7 Å². The van der Waals surface area contributed by atoms with Crippen molar-refractivity contribution in [2.45, 2.75) is 19.1 Å². The zero-order valence-electron chi connectivity index (χ0n) is 14.5. The standard InChI is InChI=1S/C20H22N2O3S/c23-19(22-11-12-26-15-22)18(13-16-7-3-1-4-8-16)21-20(24)25-14-17-9-5-2-6-10-17/h1-10,18H,11-15H2,(H,21,24)/t18-/m0/s1. The van der Waals surface area contributed by atoms with Crippen LogP contribution in [0.1, 0.15) is 11.1 Å². The number of carbonyl (C=O) groups excluding carboxylic acids is 2. The summed E-state index contributed by atoms with van der Waals surface area (Å²) >= 11 is 1.72. The van der Waals surface area contributed by atoms with E-state index < -0.39 is 12.1 Å². The highest BCUT2D eigenvalue weighted by atomic mass is 32.2. The summed E-state index contributed by atoms with van der Waals surface area (Å²) in [5.74, 6) is 1.54. The number of ether oxygens (including phenoxy) is 1. The van der Waals surface area contributed by atoms with Crippen molar-refractivity contribution in [2.75, 3.05) is 18.2 Å². The molecule has 1 aliphatic heterocycles. The predicted molar refractivity (Wildman–Crippen MR) is 103 cm³/mol. The van der Waals surface area contributed by atoms with Crippen molar-refractivity contribution in [3.8, 4) is 0 Å². The zero-order chi connectivity index (χ0) is 18.2. The molecule has 26 heavy (non-hydrogen) atoms. The zero-order valence-corrected chi connectivity index (χ0v) is 15.3. The minimum atomic E-state index is -0.626. The van der Waals surface area contributed by atoms with E-state index in [1.807, 2.05) is 60.7 Å². The van der Waals surface area contributed by atoms with Crippen LogP contribution in [-0.4, -0.2) is 41.1 Å². The number of nitrogens with one attached hydrogen (secondary N) is 1. The molecule has 5 nitrogen and oxygen atoms in total. The molecule has 2 amide bonds. The molecule has 1 heterocycles. The molecule has 1 saturated heterocycles. The van der Waals surface area contributed by atoms with Gasteiger partial charge in [-0.3, -0.25) is 4.79 Å². The Morgan fingerprint density at radius 3 is 2.31 bits per heavy atom. The fourth-order valence-corrected chi connectivity index (χ4v) is 3.72. The maximum absolute atomic E-state index is 12.8. The van der Waals surface area contributed by atoms with Crippen LogP contribution in [0.25, 0.3) is 0 Å². The number of nitrogens with zero attached hydrogens (tertiary/aromatic N) is 1. The van der Waals surface area contributed by atoms with E-state index in [1.165, 1.54) is 0 Å². The summed E-state index contributed by atoms with van der Waals surface area (Å²) in [6.45, 7) is 0.897. The Labute approximate surface area is 157 Å². The van der Waals surface area contributed by atoms with Gasteiger partial charge in [-0.1, -0.05) is 60.7 Å². The summed E-state index contributed by atoms with van der Waals surface area (Å²) in [5, 5.41) is 2.75. The number of amides is 2. The Hall–Kier alpha value is -2.47. The first-order valence-corrected chi connectivity index (χ1v) is 9.75. The topological polar surface area (TPSA) is 58.6 Å². The summed E-state index contributed by atoms with van der Waals surface area (Å²) in [7, 11) is 0. The van der Waals surface area contributed by atoms with E-state index in [4.69, 9.17) is 4.74 Å². The lowest BCUT2D eigenvalue weighted by atomic mass is 10.1. The SMILES string of the molecule is O=C(N[C@@H](Cc1ccccc1)C(=O)N1CCSC1)OCc1ccccc1. The molecule has 0 bridgehead atoms. The van der Waals surface area contributed by atoms with Crippen LogP contribution in [0, 0.1) is 0 Å². The molecule has 0 aromatic heterocycles. The number of hydrogen-bond acceptors (Lipinski definition) is 4. The quantitative estimate of drug-likeness (QED) is 0.849. The lowest BCUT2D eigenvalue weighted by Crippen LogP contribution is -2.49. The Morgan fingerprint density at radius 2 is 1.69 bits per heavy atom. The molecule has 0 radical (unpaired) electrons. The molecule has 6 heteroatoms. The van der Waals surface area contributed by atoms with Crippen molar-refractivity contribution in [1.82, 2.24) is 10.2 Å². The van der Waals surface area contributed by atoms with Gasteiger partial charge >= 0.3 is 6.09 Å². The number of thioether (sulfide) groups is 1. The molecule has 1 atom stereocenters. The lowest BCUT2D eigenvalue weighted by molar-refractivity contribution is -0.131. The van der Waals surface area contributed by atoms with Crippen LogP contribution in [0.2, 0.25) is 0 Å². The van der Waals surface area contributed by atoms with Crippen molar-refractivity contribution in [1.29, 1.82) is 0 Å². The van der Waals surface area contributed by atoms with Crippen LogP contribution in [-0.2, 0) is 22.6 Å². The third-order valence-electron chi connectivity index (χ3n) is 4.15. The summed E-state index contributed by atoms with van der Waals surface area (Å²) in [4.78, 5) is 26.8. The van der Waals surface area contributed by atoms with Gasteiger partial charge in [0, 0.05) is 18.7 Å². The molecule has 3 rings (SSSR count). The van der Waals surface area contributed by atoms with Gasteiger partial charge in [0.1, 0.15) is 12.6 Å². The fraction of sp³-hybridized carbons (Fsp3) is 0.300. The average Bonchev–Trinajstić information content (AvgIpc) is 3.22. The van der Waals surface area contributed by atoms with Gasteiger partial charge < -0.3 is 15.0 Å². The molecule has 1 N–H and O–H groups in total. The Kier molecular flexibility index (Phi) is 6.55. The summed E-state index contributed by atoms with van der Waals surface area (Å²) in [5.41, 5.74) is 1.91. The van der Waals surface area contributed by atoms with Crippen molar-refractivity contribution in [2.24, 2.45) is 0 Å². The number of carbonyl (C=O) groups is 2. The summed E-state index contributed by atoms with van der Waals surface area (Å²) in [6.07, 6.45) is -0.128. The van der Waals surface area contributed by atoms with Crippen LogP contribution in [0.4, 0.5) is 4.79 Å². The van der Waals surface area contributed by atoms with Crippen molar-refractivity contribution in [3.63, 3.8) is 0 Å². The van der Waals surface area contributed by atoms with E-state index in [0.717, 1.165) is 23.4 Å². The molecular formula is C20H22N2O3S. The first-order valence-electron chi connectivity index (χ1n) is 8.60. The summed E-state index contributed by atoms with van der Waals surface area (Å²) in [6, 6.07) is 18.5. The molecule has 1 aliphatic rings. The predicted octanol–water partition coefficient (Wildman–Crippen LogP) is 3.06. The molecular weight excluding hydrogens is 348 g/mol. The Bertz CT molecular complexity index is 718. The second kappa shape index (κ2) is 9.29. The number of rotatable bonds is 6. The summed E-state index contributed by atoms with van der Waals surface area (Å²) < 4.78 is 5.28. The van der Waals surface area contributed by atoms with Crippen molar-refractivity contribution < 1.29 is 14.3 Å². The molecule has 1 fully saturated rings. The monoisotopic (exact) mass is 370 g/mol. The first kappa shape index (κ1) is 18.3. The average molecular weight is 370 g/mol. The minimum Gasteiger partial charge on any atom is -0.445 e. The highest BCUT2D eigenvalue weighted by Gasteiger charge is 2.28. The van der Waals surface area contributed by atoms with Crippen LogP contribution in [0.3, 0.4) is 0 Å². The van der Waals surface area contributed by atoms with Gasteiger partial charge in [0.25, 0.3) is 0 Å². The van der Waals surface area contributed by atoms with Crippen LogP contribution < -0.4 is 5.32 Å². The Balaban J connectivity index is 1.62. The van der Waals surface area contributed by atoms with Gasteiger partial charge in [0.2, 0.25) is 5.91 Å². The Morgan fingerprint density at radius 1 is 1.04 bits per heavy atom. The van der Waals surface area contributed by atoms with E-state index in [9.17, 15) is 9.59 Å². The van der Waals surface area contributed by atoms with Gasteiger partial charge in [-0.2, -0.15) is 0 Å². The van der Waals surface area contributed by atoms with E-state index in [2.05, 4.69) is 5.32 Å². The fourth-order valence-electron chi connectivity index (χ4n) is 2.77. The van der Waals surface area contributed by atoms with E-state index in [-0.39, 0.29) is 12.5 Å². The maximum Gasteiger partial charge on any atom is 0.408 e. The van der Waals surface area contributed by atoms with Gasteiger partial charge in [-0.05, 0) is 11.1 Å². The molecule has 0 aliphatic carbocycles. The first-order chi connectivity index (χ1) is 12.7. The van der Waals surface area contributed by atoms with Gasteiger partial charge in [-0.25, -0.2) is 4.79 Å². The second-order valence-electron chi connectivity index (χ2n) is 6.09. The van der Waals surface area contributed by atoms with Gasteiger partial charge in [-0.15, -0.1) is 11.8 Å². The minimum absolute atomic E-state index is 0.0597. The molecule has 0 unspecified atom stereocenters. The van der Waals surface area contributed by atoms with Crippen LogP contribution in [0.15, 0.2) is 60.7 Å².